The van der Waals surface area contributed by atoms with Gasteiger partial charge < -0.3 is 4.98 Å². The van der Waals surface area contributed by atoms with Crippen molar-refractivity contribution in [1.82, 2.24) is 38.5 Å². The van der Waals surface area contributed by atoms with Crippen LogP contribution in [0.5, 0.6) is 0 Å². The van der Waals surface area contributed by atoms with Crippen LogP contribution in [0.15, 0.2) is 145 Å². The maximum Gasteiger partial charge on any atom is 0.268 e. The standard InChI is InChI=1S/C46H32F4N10O2S/c1-58-40(26-14-16-36-28(18-26)20-38(53-36)44-32(47)10-6-11-33(44)48)22-37(56-58)30-24-51-46(52-25-30)55-54-43-23-41(59(2)57-43)27-15-17-39-29(19-27)21-42(45-34(49)12-7-13-35(45)50)60(39)63(61,62)31-8-4-3-5-9-31/h3-25,53H,1-2H3,(H,54,57)(H,51,52,55). The third-order valence-electron chi connectivity index (χ3n) is 10.7. The number of halogens is 4. The molecule has 0 saturated carbocycles. The SMILES string of the molecule is Cn1nc(NNc2ncc(-c3cc(-c4ccc5[nH]c(-c6c(F)cccc6F)cc5c4)n(C)n3)cn2)cc1-c1ccc2c(c1)cc(-c1c(F)cccc1F)n2S(=O)(=O)c1ccccc1. The lowest BCUT2D eigenvalue weighted by Crippen LogP contribution is -2.14. The van der Waals surface area contributed by atoms with Crippen LogP contribution in [0.2, 0.25) is 0 Å². The molecule has 10 aromatic rings. The molecule has 10 rings (SSSR count). The number of nitrogens with one attached hydrogen (secondary N) is 3. The average molecular weight is 865 g/mol. The number of hydrazine groups is 1. The smallest absolute Gasteiger partial charge is 0.268 e. The van der Waals surface area contributed by atoms with E-state index in [1.165, 1.54) is 42.5 Å². The van der Waals surface area contributed by atoms with Crippen LogP contribution in [0.25, 0.3) is 78.1 Å². The predicted molar refractivity (Wildman–Crippen MR) is 233 cm³/mol. The first-order chi connectivity index (χ1) is 30.4. The highest BCUT2D eigenvalue weighted by Crippen LogP contribution is 2.38. The molecular formula is C46H32F4N10O2S. The van der Waals surface area contributed by atoms with Crippen molar-refractivity contribution in [2.24, 2.45) is 14.1 Å². The van der Waals surface area contributed by atoms with Crippen molar-refractivity contribution in [3.8, 4) is 56.3 Å². The number of aromatic nitrogens is 8. The molecule has 312 valence electrons. The van der Waals surface area contributed by atoms with E-state index in [2.05, 4.69) is 36.0 Å². The Labute approximate surface area is 356 Å². The fourth-order valence-corrected chi connectivity index (χ4v) is 9.27. The number of nitrogens with zero attached hydrogens (tertiary/aromatic N) is 7. The lowest BCUT2D eigenvalue weighted by Gasteiger charge is -2.13. The number of rotatable bonds is 10. The van der Waals surface area contributed by atoms with Crippen molar-refractivity contribution in [3.05, 3.63) is 163 Å². The van der Waals surface area contributed by atoms with Crippen molar-refractivity contribution in [2.45, 2.75) is 4.90 Å². The molecule has 0 unspecified atom stereocenters. The quantitative estimate of drug-likeness (QED) is 0.0912. The minimum Gasteiger partial charge on any atom is -0.354 e. The molecule has 0 radical (unpaired) electrons. The first-order valence-electron chi connectivity index (χ1n) is 19.3. The Bertz CT molecular complexity index is 3470. The van der Waals surface area contributed by atoms with Crippen LogP contribution < -0.4 is 10.9 Å². The third-order valence-corrected chi connectivity index (χ3v) is 12.5. The van der Waals surface area contributed by atoms with Gasteiger partial charge in [-0.3, -0.25) is 20.2 Å². The largest absolute Gasteiger partial charge is 0.354 e. The van der Waals surface area contributed by atoms with Crippen molar-refractivity contribution in [3.63, 3.8) is 0 Å². The van der Waals surface area contributed by atoms with Gasteiger partial charge in [0.25, 0.3) is 10.0 Å². The van der Waals surface area contributed by atoms with Gasteiger partial charge in [0.1, 0.15) is 23.3 Å². The van der Waals surface area contributed by atoms with Gasteiger partial charge in [-0.25, -0.2) is 39.9 Å². The number of hydrogen-bond acceptors (Lipinski definition) is 8. The highest BCUT2D eigenvalue weighted by molar-refractivity contribution is 7.90. The van der Waals surface area contributed by atoms with Gasteiger partial charge in [0.15, 0.2) is 5.82 Å². The van der Waals surface area contributed by atoms with Gasteiger partial charge in [-0.1, -0.05) is 42.5 Å². The van der Waals surface area contributed by atoms with Crippen LogP contribution in [-0.4, -0.2) is 46.9 Å². The van der Waals surface area contributed by atoms with E-state index < -0.39 is 38.9 Å². The van der Waals surface area contributed by atoms with Gasteiger partial charge >= 0.3 is 0 Å². The van der Waals surface area contributed by atoms with E-state index >= 15 is 8.78 Å². The Morgan fingerprint density at radius 2 is 1.19 bits per heavy atom. The van der Waals surface area contributed by atoms with Crippen LogP contribution in [-0.2, 0) is 24.1 Å². The summed E-state index contributed by atoms with van der Waals surface area (Å²) in [6.45, 7) is 0. The van der Waals surface area contributed by atoms with Crippen LogP contribution >= 0.6 is 0 Å². The zero-order valence-electron chi connectivity index (χ0n) is 33.1. The molecule has 5 heterocycles. The summed E-state index contributed by atoms with van der Waals surface area (Å²) in [6, 6.07) is 32.4. The molecule has 17 heteroatoms. The molecule has 3 N–H and O–H groups in total. The molecule has 0 amide bonds. The molecule has 0 saturated heterocycles. The van der Waals surface area contributed by atoms with Crippen molar-refractivity contribution < 1.29 is 26.0 Å². The Kier molecular flexibility index (Phi) is 9.40. The van der Waals surface area contributed by atoms with Gasteiger partial charge in [0.2, 0.25) is 5.95 Å². The summed E-state index contributed by atoms with van der Waals surface area (Å²) >= 11 is 0. The minimum atomic E-state index is -4.28. The summed E-state index contributed by atoms with van der Waals surface area (Å²) < 4.78 is 91.8. The summed E-state index contributed by atoms with van der Waals surface area (Å²) in [5.41, 5.74) is 10.8. The van der Waals surface area contributed by atoms with E-state index in [-0.39, 0.29) is 27.6 Å². The normalized spacial score (nSPS) is 11.8. The molecule has 0 atom stereocenters. The number of hydrogen-bond donors (Lipinski definition) is 3. The van der Waals surface area contributed by atoms with Crippen molar-refractivity contribution >= 4 is 43.6 Å². The Balaban J connectivity index is 0.875. The minimum absolute atomic E-state index is 0.0362. The molecule has 0 aliphatic heterocycles. The molecule has 0 aliphatic rings. The fraction of sp³-hybridized carbons (Fsp3) is 0.0435. The van der Waals surface area contributed by atoms with E-state index in [0.717, 1.165) is 38.3 Å². The Hall–Kier alpha value is -8.05. The number of aromatic amines is 1. The van der Waals surface area contributed by atoms with Crippen LogP contribution in [0, 0.1) is 23.3 Å². The number of fused-ring (bicyclic) bond motifs is 2. The van der Waals surface area contributed by atoms with E-state index in [1.807, 2.05) is 31.3 Å². The molecule has 5 aromatic carbocycles. The topological polar surface area (TPSA) is 140 Å². The maximum absolute atomic E-state index is 15.2. The number of benzene rings is 5. The molecule has 0 bridgehead atoms. The molecule has 63 heavy (non-hydrogen) atoms. The Morgan fingerprint density at radius 1 is 0.571 bits per heavy atom. The zero-order chi connectivity index (χ0) is 43.6. The average Bonchev–Trinajstić information content (AvgIpc) is 4.06. The second-order valence-electron chi connectivity index (χ2n) is 14.7. The zero-order valence-corrected chi connectivity index (χ0v) is 34.0. The molecule has 0 spiro atoms. The highest BCUT2D eigenvalue weighted by atomic mass is 32.2. The number of aryl methyl sites for hydroxylation is 2. The second-order valence-corrected chi connectivity index (χ2v) is 16.5. The highest BCUT2D eigenvalue weighted by Gasteiger charge is 2.27. The summed E-state index contributed by atoms with van der Waals surface area (Å²) in [6.07, 6.45) is 3.25. The van der Waals surface area contributed by atoms with E-state index in [4.69, 9.17) is 0 Å². The lowest BCUT2D eigenvalue weighted by atomic mass is 10.1. The Morgan fingerprint density at radius 3 is 1.89 bits per heavy atom. The van der Waals surface area contributed by atoms with Crippen LogP contribution in [0.3, 0.4) is 0 Å². The van der Waals surface area contributed by atoms with E-state index in [0.29, 0.717) is 39.4 Å². The number of anilines is 2. The summed E-state index contributed by atoms with van der Waals surface area (Å²) in [5, 5.41) is 10.4. The summed E-state index contributed by atoms with van der Waals surface area (Å²) in [7, 11) is -0.729. The first-order valence-corrected chi connectivity index (χ1v) is 20.8. The van der Waals surface area contributed by atoms with Crippen molar-refractivity contribution in [1.29, 1.82) is 0 Å². The maximum atomic E-state index is 15.2. The predicted octanol–water partition coefficient (Wildman–Crippen LogP) is 9.95. The van der Waals surface area contributed by atoms with E-state index in [1.54, 1.807) is 77.3 Å². The fourth-order valence-electron chi connectivity index (χ4n) is 7.73. The lowest BCUT2D eigenvalue weighted by molar-refractivity contribution is 0.583. The molecular weight excluding hydrogens is 833 g/mol. The van der Waals surface area contributed by atoms with Gasteiger partial charge in [0, 0.05) is 65.5 Å². The third kappa shape index (κ3) is 6.93. The molecule has 0 aliphatic carbocycles. The van der Waals surface area contributed by atoms with Gasteiger partial charge in [-0.2, -0.15) is 10.2 Å². The molecule has 0 fully saturated rings. The van der Waals surface area contributed by atoms with Gasteiger partial charge in [-0.15, -0.1) is 0 Å². The molecule has 5 aromatic heterocycles. The van der Waals surface area contributed by atoms with Crippen LogP contribution in [0.4, 0.5) is 29.3 Å². The number of H-pyrrole nitrogens is 1. The van der Waals surface area contributed by atoms with E-state index in [9.17, 15) is 17.2 Å². The van der Waals surface area contributed by atoms with Gasteiger partial charge in [-0.05, 0) is 78.9 Å². The second kappa shape index (κ2) is 15.1. The van der Waals surface area contributed by atoms with Crippen LogP contribution in [0.1, 0.15) is 0 Å². The summed E-state index contributed by atoms with van der Waals surface area (Å²) in [5.74, 6) is -2.44. The monoisotopic (exact) mass is 864 g/mol. The van der Waals surface area contributed by atoms with Crippen molar-refractivity contribution in [2.75, 3.05) is 10.9 Å². The van der Waals surface area contributed by atoms with Gasteiger partial charge in [0.05, 0.1) is 50.0 Å². The first kappa shape index (κ1) is 39.1. The summed E-state index contributed by atoms with van der Waals surface area (Å²) in [4.78, 5) is 12.0. The molecule has 12 nitrogen and oxygen atoms in total.